The molecule has 0 aliphatic carbocycles. The molecule has 1 aromatic carbocycles. The summed E-state index contributed by atoms with van der Waals surface area (Å²) in [5.41, 5.74) is 7.02. The van der Waals surface area contributed by atoms with Crippen molar-refractivity contribution in [2.24, 2.45) is 5.73 Å². The number of aromatic nitrogens is 2. The molecule has 1 heterocycles. The Balaban J connectivity index is 2.40. The van der Waals surface area contributed by atoms with Crippen molar-refractivity contribution >= 4 is 0 Å². The first-order valence-corrected chi connectivity index (χ1v) is 5.47. The van der Waals surface area contributed by atoms with E-state index >= 15 is 0 Å². The van der Waals surface area contributed by atoms with Crippen LogP contribution in [0.5, 0.6) is 0 Å². The van der Waals surface area contributed by atoms with E-state index in [1.807, 2.05) is 13.8 Å². The number of hydrogen-bond donors (Lipinski definition) is 1. The average Bonchev–Trinajstić information content (AvgIpc) is 2.80. The number of aryl methyl sites for hydroxylation is 1. The van der Waals surface area contributed by atoms with Gasteiger partial charge in [-0.05, 0) is 25.5 Å². The lowest BCUT2D eigenvalue weighted by atomic mass is 10.1. The predicted molar refractivity (Wildman–Crippen MR) is 61.6 cm³/mol. The van der Waals surface area contributed by atoms with E-state index in [4.69, 9.17) is 10.3 Å². The molecule has 0 bridgehead atoms. The third-order valence-electron chi connectivity index (χ3n) is 2.57. The number of halogens is 1. The SMILES string of the molecule is CCC(N)c1noc(-c2cc(C)ccc2F)n1. The van der Waals surface area contributed by atoms with Crippen LogP contribution >= 0.6 is 0 Å². The summed E-state index contributed by atoms with van der Waals surface area (Å²) in [6.07, 6.45) is 0.704. The van der Waals surface area contributed by atoms with E-state index in [0.717, 1.165) is 5.56 Å². The van der Waals surface area contributed by atoms with Crippen LogP contribution in [0.4, 0.5) is 4.39 Å². The van der Waals surface area contributed by atoms with Crippen LogP contribution < -0.4 is 5.73 Å². The van der Waals surface area contributed by atoms with Crippen LogP contribution in [-0.4, -0.2) is 10.1 Å². The molecule has 2 N–H and O–H groups in total. The first kappa shape index (κ1) is 11.7. The molecule has 5 heteroatoms. The maximum atomic E-state index is 13.6. The minimum absolute atomic E-state index is 0.171. The zero-order valence-corrected chi connectivity index (χ0v) is 9.77. The Morgan fingerprint density at radius 1 is 1.47 bits per heavy atom. The van der Waals surface area contributed by atoms with E-state index < -0.39 is 0 Å². The van der Waals surface area contributed by atoms with E-state index in [9.17, 15) is 4.39 Å². The van der Waals surface area contributed by atoms with Gasteiger partial charge in [-0.15, -0.1) is 0 Å². The van der Waals surface area contributed by atoms with Gasteiger partial charge in [-0.1, -0.05) is 23.7 Å². The van der Waals surface area contributed by atoms with Crippen LogP contribution in [0.2, 0.25) is 0 Å². The van der Waals surface area contributed by atoms with Gasteiger partial charge in [0.25, 0.3) is 5.89 Å². The fourth-order valence-corrected chi connectivity index (χ4v) is 1.48. The average molecular weight is 235 g/mol. The zero-order chi connectivity index (χ0) is 12.4. The standard InChI is InChI=1S/C12H14FN3O/c1-3-10(14)11-15-12(17-16-11)8-6-7(2)4-5-9(8)13/h4-6,10H,3,14H2,1-2H3. The van der Waals surface area contributed by atoms with Gasteiger partial charge in [-0.25, -0.2) is 4.39 Å². The fourth-order valence-electron chi connectivity index (χ4n) is 1.48. The maximum absolute atomic E-state index is 13.6. The molecule has 4 nitrogen and oxygen atoms in total. The summed E-state index contributed by atoms with van der Waals surface area (Å²) in [5.74, 6) is 0.198. The van der Waals surface area contributed by atoms with Gasteiger partial charge in [0.15, 0.2) is 5.82 Å². The van der Waals surface area contributed by atoms with E-state index in [2.05, 4.69) is 10.1 Å². The normalized spacial score (nSPS) is 12.7. The van der Waals surface area contributed by atoms with Gasteiger partial charge in [0, 0.05) is 0 Å². The first-order chi connectivity index (χ1) is 8.11. The molecule has 0 spiro atoms. The topological polar surface area (TPSA) is 64.9 Å². The Hall–Kier alpha value is -1.75. The molecule has 1 atom stereocenters. The molecule has 2 rings (SSSR count). The molecule has 0 saturated heterocycles. The van der Waals surface area contributed by atoms with Crippen molar-refractivity contribution in [1.82, 2.24) is 10.1 Å². The quantitative estimate of drug-likeness (QED) is 0.888. The third kappa shape index (κ3) is 2.34. The van der Waals surface area contributed by atoms with Crippen molar-refractivity contribution in [3.05, 3.63) is 35.4 Å². The second-order valence-corrected chi connectivity index (χ2v) is 3.96. The zero-order valence-electron chi connectivity index (χ0n) is 9.77. The Labute approximate surface area is 98.6 Å². The van der Waals surface area contributed by atoms with Gasteiger partial charge in [-0.3, -0.25) is 0 Å². The lowest BCUT2D eigenvalue weighted by Gasteiger charge is -2.00. The second-order valence-electron chi connectivity index (χ2n) is 3.96. The Morgan fingerprint density at radius 3 is 2.94 bits per heavy atom. The highest BCUT2D eigenvalue weighted by Crippen LogP contribution is 2.23. The summed E-state index contributed by atoms with van der Waals surface area (Å²) in [6.45, 7) is 3.80. The Bertz CT molecular complexity index is 524. The lowest BCUT2D eigenvalue weighted by molar-refractivity contribution is 0.413. The summed E-state index contributed by atoms with van der Waals surface area (Å²) in [6, 6.07) is 4.46. The van der Waals surface area contributed by atoms with Crippen LogP contribution in [0.1, 0.15) is 30.8 Å². The number of nitrogens with two attached hydrogens (primary N) is 1. The summed E-state index contributed by atoms with van der Waals surface area (Å²) >= 11 is 0. The van der Waals surface area contributed by atoms with Crippen molar-refractivity contribution < 1.29 is 8.91 Å². The molecule has 0 aliphatic heterocycles. The summed E-state index contributed by atoms with van der Waals surface area (Å²) in [5, 5.41) is 3.76. The van der Waals surface area contributed by atoms with Crippen molar-refractivity contribution in [2.45, 2.75) is 26.3 Å². The van der Waals surface area contributed by atoms with Gasteiger partial charge in [-0.2, -0.15) is 4.98 Å². The lowest BCUT2D eigenvalue weighted by Crippen LogP contribution is -2.10. The number of nitrogens with zero attached hydrogens (tertiary/aromatic N) is 2. The molecule has 2 aromatic rings. The van der Waals surface area contributed by atoms with Crippen molar-refractivity contribution in [3.63, 3.8) is 0 Å². The Kier molecular flexibility index (Phi) is 3.19. The third-order valence-corrected chi connectivity index (χ3v) is 2.57. The largest absolute Gasteiger partial charge is 0.334 e. The summed E-state index contributed by atoms with van der Waals surface area (Å²) < 4.78 is 18.6. The van der Waals surface area contributed by atoms with Crippen molar-refractivity contribution in [2.75, 3.05) is 0 Å². The smallest absolute Gasteiger partial charge is 0.260 e. The summed E-state index contributed by atoms with van der Waals surface area (Å²) in [7, 11) is 0. The molecule has 0 radical (unpaired) electrons. The molecule has 1 aromatic heterocycles. The minimum atomic E-state index is -0.379. The van der Waals surface area contributed by atoms with Gasteiger partial charge in [0.1, 0.15) is 5.82 Å². The number of rotatable bonds is 3. The van der Waals surface area contributed by atoms with Crippen LogP contribution in [0.15, 0.2) is 22.7 Å². The van der Waals surface area contributed by atoms with Gasteiger partial charge >= 0.3 is 0 Å². The molecule has 1 unspecified atom stereocenters. The van der Waals surface area contributed by atoms with Gasteiger partial charge < -0.3 is 10.3 Å². The molecule has 90 valence electrons. The molecule has 0 amide bonds. The number of benzene rings is 1. The molecule has 0 aliphatic rings. The Morgan fingerprint density at radius 2 is 2.24 bits per heavy atom. The molecular weight excluding hydrogens is 221 g/mol. The van der Waals surface area contributed by atoms with E-state index in [-0.39, 0.29) is 17.7 Å². The molecule has 0 saturated carbocycles. The van der Waals surface area contributed by atoms with Gasteiger partial charge in [0.2, 0.25) is 0 Å². The highest BCUT2D eigenvalue weighted by Gasteiger charge is 2.16. The van der Waals surface area contributed by atoms with Crippen LogP contribution in [0, 0.1) is 12.7 Å². The van der Waals surface area contributed by atoms with Crippen LogP contribution in [-0.2, 0) is 0 Å². The van der Waals surface area contributed by atoms with Crippen LogP contribution in [0.25, 0.3) is 11.5 Å². The van der Waals surface area contributed by atoms with E-state index in [0.29, 0.717) is 17.8 Å². The maximum Gasteiger partial charge on any atom is 0.260 e. The van der Waals surface area contributed by atoms with Crippen molar-refractivity contribution in [3.8, 4) is 11.5 Å². The molecular formula is C12H14FN3O. The van der Waals surface area contributed by atoms with E-state index in [1.165, 1.54) is 6.07 Å². The van der Waals surface area contributed by atoms with Gasteiger partial charge in [0.05, 0.1) is 11.6 Å². The predicted octanol–water partition coefficient (Wildman–Crippen LogP) is 2.59. The fraction of sp³-hybridized carbons (Fsp3) is 0.333. The second kappa shape index (κ2) is 4.63. The first-order valence-electron chi connectivity index (χ1n) is 5.47. The number of hydrogen-bond acceptors (Lipinski definition) is 4. The van der Waals surface area contributed by atoms with Crippen molar-refractivity contribution in [1.29, 1.82) is 0 Å². The molecule has 17 heavy (non-hydrogen) atoms. The molecule has 0 fully saturated rings. The highest BCUT2D eigenvalue weighted by atomic mass is 19.1. The van der Waals surface area contributed by atoms with Crippen LogP contribution in [0.3, 0.4) is 0 Å². The highest BCUT2D eigenvalue weighted by molar-refractivity contribution is 5.55. The van der Waals surface area contributed by atoms with E-state index in [1.54, 1.807) is 12.1 Å². The minimum Gasteiger partial charge on any atom is -0.334 e. The monoisotopic (exact) mass is 235 g/mol. The summed E-state index contributed by atoms with van der Waals surface area (Å²) in [4.78, 5) is 4.11.